The number of aryl methyl sites for hydroxylation is 1. The second-order valence-corrected chi connectivity index (χ2v) is 10.7. The Balaban J connectivity index is 1.77. The van der Waals surface area contributed by atoms with Gasteiger partial charge >= 0.3 is 0 Å². The van der Waals surface area contributed by atoms with Gasteiger partial charge in [-0.15, -0.1) is 0 Å². The zero-order valence-corrected chi connectivity index (χ0v) is 17.0. The number of piperazine rings is 1. The van der Waals surface area contributed by atoms with Crippen molar-refractivity contribution in [1.29, 1.82) is 0 Å². The van der Waals surface area contributed by atoms with Crippen LogP contribution in [0.1, 0.15) is 0 Å². The van der Waals surface area contributed by atoms with Gasteiger partial charge in [0.15, 0.2) is 0 Å². The van der Waals surface area contributed by atoms with E-state index in [1.54, 1.807) is 17.8 Å². The van der Waals surface area contributed by atoms with Gasteiger partial charge in [-0.25, -0.2) is 16.8 Å². The van der Waals surface area contributed by atoms with Gasteiger partial charge in [-0.2, -0.15) is 8.61 Å². The summed E-state index contributed by atoms with van der Waals surface area (Å²) in [5.41, 5.74) is 0. The summed E-state index contributed by atoms with van der Waals surface area (Å²) < 4.78 is 55.0. The van der Waals surface area contributed by atoms with E-state index in [0.29, 0.717) is 0 Å². The number of halogens is 2. The maximum absolute atomic E-state index is 12.8. The molecule has 0 bridgehead atoms. The van der Waals surface area contributed by atoms with E-state index in [9.17, 15) is 16.8 Å². The van der Waals surface area contributed by atoms with Crippen molar-refractivity contribution in [1.82, 2.24) is 13.2 Å². The van der Waals surface area contributed by atoms with Crippen molar-refractivity contribution >= 4 is 43.2 Å². The molecule has 1 aliphatic heterocycles. The molecule has 0 spiro atoms. The summed E-state index contributed by atoms with van der Waals surface area (Å²) in [5.74, 6) is 0. The minimum atomic E-state index is -3.80. The van der Waals surface area contributed by atoms with Gasteiger partial charge in [0.1, 0.15) is 0 Å². The second-order valence-electron chi connectivity index (χ2n) is 5.93. The van der Waals surface area contributed by atoms with Crippen LogP contribution in [0.5, 0.6) is 0 Å². The molecule has 0 saturated carbocycles. The van der Waals surface area contributed by atoms with Gasteiger partial charge in [0.2, 0.25) is 20.0 Å². The minimum Gasteiger partial charge on any atom is -0.356 e. The molecule has 2 heterocycles. The monoisotopic (exact) mass is 437 g/mol. The van der Waals surface area contributed by atoms with Crippen LogP contribution in [0.2, 0.25) is 10.0 Å². The average Bonchev–Trinajstić information content (AvgIpc) is 3.01. The zero-order valence-electron chi connectivity index (χ0n) is 13.8. The third-order valence-corrected chi connectivity index (χ3v) is 8.31. The van der Waals surface area contributed by atoms with Gasteiger partial charge in [0.05, 0.1) is 9.79 Å². The summed E-state index contributed by atoms with van der Waals surface area (Å²) in [4.78, 5) is 0.187. The maximum atomic E-state index is 12.8. The number of aromatic nitrogens is 1. The first-order valence-corrected chi connectivity index (χ1v) is 11.3. The molecule has 142 valence electrons. The van der Waals surface area contributed by atoms with Crippen LogP contribution < -0.4 is 0 Å². The van der Waals surface area contributed by atoms with E-state index in [2.05, 4.69) is 0 Å². The number of rotatable bonds is 4. The number of nitrogens with zero attached hydrogens (tertiary/aromatic N) is 3. The van der Waals surface area contributed by atoms with Gasteiger partial charge in [0.25, 0.3) is 0 Å². The normalized spacial score (nSPS) is 17.5. The van der Waals surface area contributed by atoms with Gasteiger partial charge in [0, 0.05) is 55.7 Å². The largest absolute Gasteiger partial charge is 0.356 e. The molecule has 1 fully saturated rings. The van der Waals surface area contributed by atoms with Crippen LogP contribution >= 0.6 is 23.2 Å². The Kier molecular flexibility index (Phi) is 5.40. The summed E-state index contributed by atoms with van der Waals surface area (Å²) >= 11 is 11.8. The fourth-order valence-corrected chi connectivity index (χ4v) is 6.38. The summed E-state index contributed by atoms with van der Waals surface area (Å²) in [6.07, 6.45) is 3.17. The molecule has 0 amide bonds. The number of sulfonamides is 2. The predicted octanol–water partition coefficient (Wildman–Crippen LogP) is 2.03. The quantitative estimate of drug-likeness (QED) is 0.732. The highest BCUT2D eigenvalue weighted by Crippen LogP contribution is 2.26. The van der Waals surface area contributed by atoms with Crippen molar-refractivity contribution < 1.29 is 16.8 Å². The van der Waals surface area contributed by atoms with Crippen LogP contribution in [0, 0.1) is 0 Å². The Hall–Kier alpha value is -1.10. The third kappa shape index (κ3) is 3.78. The molecule has 0 atom stereocenters. The predicted molar refractivity (Wildman–Crippen MR) is 99.4 cm³/mol. The second kappa shape index (κ2) is 7.14. The third-order valence-electron chi connectivity index (χ3n) is 4.11. The van der Waals surface area contributed by atoms with Gasteiger partial charge in [-0.05, 0) is 24.3 Å². The highest BCUT2D eigenvalue weighted by molar-refractivity contribution is 7.89. The lowest BCUT2D eigenvalue weighted by Crippen LogP contribution is -2.50. The summed E-state index contributed by atoms with van der Waals surface area (Å²) in [6, 6.07) is 5.63. The van der Waals surface area contributed by atoms with Crippen LogP contribution in [0.4, 0.5) is 0 Å². The average molecular weight is 438 g/mol. The van der Waals surface area contributed by atoms with Gasteiger partial charge in [-0.1, -0.05) is 23.2 Å². The first-order chi connectivity index (χ1) is 12.1. The van der Waals surface area contributed by atoms with Crippen LogP contribution in [0.3, 0.4) is 0 Å². The van der Waals surface area contributed by atoms with Crippen LogP contribution in [0.25, 0.3) is 0 Å². The van der Waals surface area contributed by atoms with Crippen molar-refractivity contribution in [3.8, 4) is 0 Å². The molecule has 1 aliphatic rings. The van der Waals surface area contributed by atoms with Crippen molar-refractivity contribution in [2.75, 3.05) is 26.2 Å². The van der Waals surface area contributed by atoms with Gasteiger partial charge in [-0.3, -0.25) is 0 Å². The lowest BCUT2D eigenvalue weighted by molar-refractivity contribution is 0.273. The van der Waals surface area contributed by atoms with E-state index in [0.717, 1.165) is 0 Å². The highest BCUT2D eigenvalue weighted by atomic mass is 35.5. The topological polar surface area (TPSA) is 79.7 Å². The molecule has 0 aliphatic carbocycles. The molecule has 0 N–H and O–H groups in total. The Bertz CT molecular complexity index is 1010. The van der Waals surface area contributed by atoms with Crippen molar-refractivity contribution in [3.05, 3.63) is 46.7 Å². The van der Waals surface area contributed by atoms with Crippen molar-refractivity contribution in [3.63, 3.8) is 0 Å². The minimum absolute atomic E-state index is 0.00522. The highest BCUT2D eigenvalue weighted by Gasteiger charge is 2.34. The molecule has 0 radical (unpaired) electrons. The van der Waals surface area contributed by atoms with E-state index in [-0.39, 0.29) is 46.0 Å². The SMILES string of the molecule is Cn1ccc(S(=O)(=O)N2CCN(S(=O)(=O)c3cc(Cl)cc(Cl)c3)CC2)c1. The van der Waals surface area contributed by atoms with E-state index in [1.807, 2.05) is 0 Å². The fraction of sp³-hybridized carbons (Fsp3) is 0.333. The zero-order chi connectivity index (χ0) is 19.1. The Morgan fingerprint density at radius 3 is 1.69 bits per heavy atom. The van der Waals surface area contributed by atoms with Crippen LogP contribution in [-0.2, 0) is 27.1 Å². The Morgan fingerprint density at radius 1 is 0.808 bits per heavy atom. The van der Waals surface area contributed by atoms with E-state index < -0.39 is 20.0 Å². The maximum Gasteiger partial charge on any atom is 0.244 e. The molecule has 2 aromatic rings. The lowest BCUT2D eigenvalue weighted by Gasteiger charge is -2.33. The molecule has 0 unspecified atom stereocenters. The van der Waals surface area contributed by atoms with Crippen molar-refractivity contribution in [2.45, 2.75) is 9.79 Å². The van der Waals surface area contributed by atoms with E-state index in [4.69, 9.17) is 23.2 Å². The molecular formula is C15H17Cl2N3O4S2. The van der Waals surface area contributed by atoms with Gasteiger partial charge < -0.3 is 4.57 Å². The smallest absolute Gasteiger partial charge is 0.244 e. The molecule has 1 saturated heterocycles. The first-order valence-electron chi connectivity index (χ1n) is 7.69. The summed E-state index contributed by atoms with van der Waals surface area (Å²) in [7, 11) is -5.70. The molecule has 3 rings (SSSR count). The van der Waals surface area contributed by atoms with Crippen LogP contribution in [0.15, 0.2) is 46.5 Å². The summed E-state index contributed by atoms with van der Waals surface area (Å²) in [5, 5.41) is 0.447. The lowest BCUT2D eigenvalue weighted by atomic mass is 10.4. The fourth-order valence-electron chi connectivity index (χ4n) is 2.76. The first kappa shape index (κ1) is 19.7. The molecule has 7 nitrogen and oxygen atoms in total. The van der Waals surface area contributed by atoms with Crippen LogP contribution in [-0.4, -0.2) is 56.2 Å². The molecule has 1 aromatic carbocycles. The Morgan fingerprint density at radius 2 is 1.27 bits per heavy atom. The molecule has 11 heteroatoms. The Labute approximate surface area is 162 Å². The molecule has 1 aromatic heterocycles. The number of benzene rings is 1. The number of hydrogen-bond acceptors (Lipinski definition) is 4. The molecule has 26 heavy (non-hydrogen) atoms. The van der Waals surface area contributed by atoms with Crippen molar-refractivity contribution in [2.24, 2.45) is 7.05 Å². The molecular weight excluding hydrogens is 421 g/mol. The van der Waals surface area contributed by atoms with E-state index in [1.165, 1.54) is 39.1 Å². The van der Waals surface area contributed by atoms with E-state index >= 15 is 0 Å². The standard InChI is InChI=1S/C15H17Cl2N3O4S2/c1-18-3-2-14(11-18)25(21,22)19-4-6-20(7-5-19)26(23,24)15-9-12(16)8-13(17)10-15/h2-3,8-11H,4-7H2,1H3. The summed E-state index contributed by atoms with van der Waals surface area (Å²) in [6.45, 7) is 0.257. The number of hydrogen-bond donors (Lipinski definition) is 0.